The first kappa shape index (κ1) is 28.0. The van der Waals surface area contributed by atoms with Gasteiger partial charge in [0.05, 0.1) is 30.8 Å². The van der Waals surface area contributed by atoms with Gasteiger partial charge in [0.1, 0.15) is 17.8 Å². The van der Waals surface area contributed by atoms with E-state index in [1.165, 1.54) is 5.57 Å². The number of esters is 1. The zero-order valence-corrected chi connectivity index (χ0v) is 23.6. The average Bonchev–Trinajstić information content (AvgIpc) is 3.19. The number of aliphatic hydroxyl groups is 2. The van der Waals surface area contributed by atoms with Crippen molar-refractivity contribution in [2.75, 3.05) is 6.61 Å². The van der Waals surface area contributed by atoms with Crippen LogP contribution >= 0.6 is 0 Å². The van der Waals surface area contributed by atoms with Gasteiger partial charge in [0.25, 0.3) is 0 Å². The number of carbonyl (C=O) groups is 1. The predicted molar refractivity (Wildman–Crippen MR) is 143 cm³/mol. The molecule has 4 aliphatic heterocycles. The molecular formula is C31H46O7. The second-order valence-electron chi connectivity index (χ2n) is 12.8. The third kappa shape index (κ3) is 5.29. The van der Waals surface area contributed by atoms with Gasteiger partial charge in [-0.05, 0) is 62.9 Å². The summed E-state index contributed by atoms with van der Waals surface area (Å²) in [6.07, 6.45) is 10.9. The Balaban J connectivity index is 1.49. The third-order valence-corrected chi connectivity index (χ3v) is 9.70. The van der Waals surface area contributed by atoms with E-state index < -0.39 is 35.5 Å². The highest BCUT2D eigenvalue weighted by molar-refractivity contribution is 5.76. The van der Waals surface area contributed by atoms with Crippen molar-refractivity contribution in [3.05, 3.63) is 35.5 Å². The number of aliphatic hydroxyl groups excluding tert-OH is 1. The second-order valence-corrected chi connectivity index (χ2v) is 12.8. The summed E-state index contributed by atoms with van der Waals surface area (Å²) in [5.41, 5.74) is 0.312. The Morgan fingerprint density at radius 1 is 1.05 bits per heavy atom. The molecule has 11 atom stereocenters. The van der Waals surface area contributed by atoms with Crippen LogP contribution < -0.4 is 0 Å². The molecule has 2 N–H and O–H groups in total. The van der Waals surface area contributed by atoms with E-state index in [2.05, 4.69) is 39.8 Å². The van der Waals surface area contributed by atoms with E-state index in [0.717, 1.165) is 25.7 Å². The van der Waals surface area contributed by atoms with Gasteiger partial charge >= 0.3 is 5.97 Å². The van der Waals surface area contributed by atoms with Crippen LogP contribution in [0.5, 0.6) is 0 Å². The normalized spacial score (nSPS) is 51.8. The molecule has 0 aromatic rings. The fourth-order valence-electron chi connectivity index (χ4n) is 7.22. The van der Waals surface area contributed by atoms with Gasteiger partial charge in [-0.1, -0.05) is 50.6 Å². The lowest BCUT2D eigenvalue weighted by Crippen LogP contribution is -2.61. The van der Waals surface area contributed by atoms with E-state index in [9.17, 15) is 15.0 Å². The van der Waals surface area contributed by atoms with Crippen molar-refractivity contribution in [2.45, 2.75) is 121 Å². The van der Waals surface area contributed by atoms with Gasteiger partial charge in [0.2, 0.25) is 0 Å². The zero-order valence-electron chi connectivity index (χ0n) is 23.6. The Kier molecular flexibility index (Phi) is 7.98. The minimum Gasteiger partial charge on any atom is -0.462 e. The van der Waals surface area contributed by atoms with Crippen molar-refractivity contribution in [3.8, 4) is 0 Å². The number of allylic oxidation sites excluding steroid dienone is 4. The van der Waals surface area contributed by atoms with Gasteiger partial charge in [-0.3, -0.25) is 4.79 Å². The number of hydrogen-bond donors (Lipinski definition) is 2. The maximum atomic E-state index is 13.9. The van der Waals surface area contributed by atoms with Gasteiger partial charge in [-0.25, -0.2) is 0 Å². The Bertz CT molecular complexity index is 987. The van der Waals surface area contributed by atoms with Crippen LogP contribution in [0.3, 0.4) is 0 Å². The molecular weight excluding hydrogens is 484 g/mol. The predicted octanol–water partition coefficient (Wildman–Crippen LogP) is 4.61. The fourth-order valence-corrected chi connectivity index (χ4v) is 7.22. The molecule has 0 amide bonds. The Morgan fingerprint density at radius 2 is 1.84 bits per heavy atom. The summed E-state index contributed by atoms with van der Waals surface area (Å²) >= 11 is 0. The summed E-state index contributed by atoms with van der Waals surface area (Å²) in [4.78, 5) is 13.9. The van der Waals surface area contributed by atoms with E-state index in [4.69, 9.17) is 18.9 Å². The molecule has 0 aromatic carbocycles. The monoisotopic (exact) mass is 530 g/mol. The number of carbonyl (C=O) groups excluding carboxylic acids is 1. The van der Waals surface area contributed by atoms with Crippen LogP contribution in [-0.2, 0) is 23.7 Å². The quantitative estimate of drug-likeness (QED) is 0.349. The van der Waals surface area contributed by atoms with Crippen LogP contribution in [0.25, 0.3) is 0 Å². The van der Waals surface area contributed by atoms with Crippen molar-refractivity contribution in [2.24, 2.45) is 23.7 Å². The molecule has 3 saturated heterocycles. The minimum absolute atomic E-state index is 0.0621. The third-order valence-electron chi connectivity index (χ3n) is 9.70. The topological polar surface area (TPSA) is 94.5 Å². The Labute approximate surface area is 227 Å². The van der Waals surface area contributed by atoms with E-state index in [1.54, 1.807) is 0 Å². The number of rotatable bonds is 0. The molecule has 7 nitrogen and oxygen atoms in total. The Hall–Kier alpha value is -1.51. The highest BCUT2D eigenvalue weighted by Gasteiger charge is 2.62. The lowest BCUT2D eigenvalue weighted by atomic mass is 9.66. The van der Waals surface area contributed by atoms with Gasteiger partial charge in [0, 0.05) is 19.3 Å². The lowest BCUT2D eigenvalue weighted by Gasteiger charge is -2.49. The molecule has 5 rings (SSSR count). The van der Waals surface area contributed by atoms with E-state index in [0.29, 0.717) is 36.7 Å². The first-order chi connectivity index (χ1) is 18.0. The van der Waals surface area contributed by atoms with Gasteiger partial charge in [0.15, 0.2) is 5.79 Å². The van der Waals surface area contributed by atoms with Crippen molar-refractivity contribution in [1.82, 2.24) is 0 Å². The molecule has 1 aliphatic carbocycles. The molecule has 4 fully saturated rings. The van der Waals surface area contributed by atoms with Crippen LogP contribution in [0.2, 0.25) is 0 Å². The summed E-state index contributed by atoms with van der Waals surface area (Å²) in [5.74, 6) is -1.46. The van der Waals surface area contributed by atoms with Crippen LogP contribution in [-0.4, -0.2) is 64.7 Å². The summed E-state index contributed by atoms with van der Waals surface area (Å²) in [6, 6.07) is 0. The average molecular weight is 531 g/mol. The maximum absolute atomic E-state index is 13.9. The molecule has 2 bridgehead atoms. The van der Waals surface area contributed by atoms with Gasteiger partial charge < -0.3 is 29.2 Å². The van der Waals surface area contributed by atoms with E-state index >= 15 is 0 Å². The lowest BCUT2D eigenvalue weighted by molar-refractivity contribution is -0.332. The van der Waals surface area contributed by atoms with Crippen molar-refractivity contribution in [1.29, 1.82) is 0 Å². The van der Waals surface area contributed by atoms with Gasteiger partial charge in [-0.15, -0.1) is 0 Å². The molecule has 4 heterocycles. The second kappa shape index (κ2) is 10.8. The summed E-state index contributed by atoms with van der Waals surface area (Å²) in [6.45, 7) is 10.7. The standard InChI is InChI=1S/C31H46O7/c1-18-7-6-8-23-17-35-28-27(32)21(4)14-26(31(23,28)34)29(33)36-25-15-24(10-9-19(2)13-18)38-30(16-25)12-11-20(3)22(5)37-30/h6-9,18,20-22,24-28,32,34H,10-17H2,1-5H3/b7-6+,19-9+,23-8+/t18-,20-,21-,22+,24+,25-,26-,27+,28+,30-,31+/m0/s1. The molecule has 38 heavy (non-hydrogen) atoms. The van der Waals surface area contributed by atoms with Crippen molar-refractivity contribution >= 4 is 5.97 Å². The van der Waals surface area contributed by atoms with Gasteiger partial charge in [-0.2, -0.15) is 0 Å². The van der Waals surface area contributed by atoms with Crippen LogP contribution in [0.1, 0.15) is 79.6 Å². The molecule has 0 radical (unpaired) electrons. The molecule has 212 valence electrons. The molecule has 0 aromatic heterocycles. The van der Waals surface area contributed by atoms with Crippen LogP contribution in [0.4, 0.5) is 0 Å². The molecule has 1 saturated carbocycles. The highest BCUT2D eigenvalue weighted by atomic mass is 16.7. The van der Waals surface area contributed by atoms with Crippen molar-refractivity contribution in [3.63, 3.8) is 0 Å². The Morgan fingerprint density at radius 3 is 2.61 bits per heavy atom. The number of ether oxygens (including phenoxy) is 4. The maximum Gasteiger partial charge on any atom is 0.312 e. The molecule has 1 spiro atoms. The van der Waals surface area contributed by atoms with Crippen LogP contribution in [0.15, 0.2) is 35.5 Å². The molecule has 7 heteroatoms. The summed E-state index contributed by atoms with van der Waals surface area (Å²) < 4.78 is 25.3. The molecule has 5 aliphatic rings. The highest BCUT2D eigenvalue weighted by Crippen LogP contribution is 2.49. The largest absolute Gasteiger partial charge is 0.462 e. The minimum atomic E-state index is -1.60. The SMILES string of the molecule is C/C1=C\C[C@@H]2C[C@@H](C[C@]3(CC[C@H](C)[C@@H](C)O3)O2)OC(=O)[C@@H]2C[C@H](C)[C@@H](O)[C@H]3OC/C(=C\C=C\[C@H](C)C1)[C@]32O. The number of fused-ring (bicyclic) bond motifs is 2. The summed E-state index contributed by atoms with van der Waals surface area (Å²) in [7, 11) is 0. The van der Waals surface area contributed by atoms with E-state index in [-0.39, 0.29) is 30.8 Å². The van der Waals surface area contributed by atoms with E-state index in [1.807, 2.05) is 19.1 Å². The smallest absolute Gasteiger partial charge is 0.312 e. The van der Waals surface area contributed by atoms with Crippen LogP contribution in [0, 0.1) is 23.7 Å². The van der Waals surface area contributed by atoms with Crippen molar-refractivity contribution < 1.29 is 34.0 Å². The first-order valence-electron chi connectivity index (χ1n) is 14.6. The first-order valence-corrected chi connectivity index (χ1v) is 14.6. The number of hydrogen-bond acceptors (Lipinski definition) is 7. The fraction of sp³-hybridized carbons (Fsp3) is 0.774. The summed E-state index contributed by atoms with van der Waals surface area (Å²) in [5, 5.41) is 22.9. The molecule has 0 unspecified atom stereocenters. The zero-order chi connectivity index (χ0) is 27.2.